The van der Waals surface area contributed by atoms with Crippen molar-refractivity contribution in [1.29, 1.82) is 0 Å². The number of hydrogen-bond acceptors (Lipinski definition) is 3. The van der Waals surface area contributed by atoms with Gasteiger partial charge in [0.25, 0.3) is 17.7 Å². The second-order valence-corrected chi connectivity index (χ2v) is 4.80. The van der Waals surface area contributed by atoms with E-state index in [0.717, 1.165) is 12.8 Å². The van der Waals surface area contributed by atoms with Crippen molar-refractivity contribution in [2.24, 2.45) is 0 Å². The normalized spacial score (nSPS) is 13.1. The molecule has 3 amide bonds. The van der Waals surface area contributed by atoms with Crippen molar-refractivity contribution < 1.29 is 14.4 Å². The third-order valence-electron chi connectivity index (χ3n) is 3.27. The Morgan fingerprint density at radius 1 is 1.10 bits per heavy atom. The summed E-state index contributed by atoms with van der Waals surface area (Å²) in [6, 6.07) is 4.81. The van der Waals surface area contributed by atoms with Crippen molar-refractivity contribution in [1.82, 2.24) is 10.2 Å². The van der Waals surface area contributed by atoms with Crippen LogP contribution in [0.25, 0.3) is 0 Å². The quantitative estimate of drug-likeness (QED) is 0.833. The summed E-state index contributed by atoms with van der Waals surface area (Å²) < 4.78 is 0. The van der Waals surface area contributed by atoms with Crippen LogP contribution >= 0.6 is 0 Å². The Labute approximate surface area is 118 Å². The summed E-state index contributed by atoms with van der Waals surface area (Å²) in [6.07, 6.45) is 1.71. The molecule has 0 aliphatic carbocycles. The van der Waals surface area contributed by atoms with Crippen LogP contribution in [0.15, 0.2) is 18.2 Å². The monoisotopic (exact) mass is 274 g/mol. The molecule has 1 aromatic rings. The maximum Gasteiger partial charge on any atom is 0.259 e. The average Bonchev–Trinajstić information content (AvgIpc) is 2.73. The van der Waals surface area contributed by atoms with Gasteiger partial charge in [-0.15, -0.1) is 0 Å². The number of rotatable bonds is 5. The summed E-state index contributed by atoms with van der Waals surface area (Å²) in [4.78, 5) is 37.8. The van der Waals surface area contributed by atoms with E-state index >= 15 is 0 Å². The van der Waals surface area contributed by atoms with E-state index < -0.39 is 11.8 Å². The Morgan fingerprint density at radius 2 is 1.75 bits per heavy atom. The summed E-state index contributed by atoms with van der Waals surface area (Å²) >= 11 is 0. The Bertz CT molecular complexity index is 560. The molecule has 106 valence electrons. The number of benzene rings is 1. The highest BCUT2D eigenvalue weighted by Crippen LogP contribution is 2.21. The molecular formula is C15H18N2O3. The molecule has 0 unspecified atom stereocenters. The van der Waals surface area contributed by atoms with Crippen molar-refractivity contribution in [3.05, 3.63) is 34.9 Å². The van der Waals surface area contributed by atoms with Crippen molar-refractivity contribution in [2.75, 3.05) is 13.1 Å². The molecule has 5 heteroatoms. The molecule has 0 atom stereocenters. The molecule has 1 aliphatic heterocycles. The van der Waals surface area contributed by atoms with Crippen LogP contribution in [0.4, 0.5) is 0 Å². The maximum absolute atomic E-state index is 12.6. The Morgan fingerprint density at radius 3 is 2.35 bits per heavy atom. The second kappa shape index (κ2) is 5.86. The highest BCUT2D eigenvalue weighted by atomic mass is 16.2. The number of amides is 3. The van der Waals surface area contributed by atoms with Gasteiger partial charge in [0.05, 0.1) is 16.7 Å². The minimum absolute atomic E-state index is 0.185. The van der Waals surface area contributed by atoms with Gasteiger partial charge in [-0.2, -0.15) is 0 Å². The number of hydrogen-bond donors (Lipinski definition) is 1. The van der Waals surface area contributed by atoms with E-state index in [2.05, 4.69) is 5.32 Å². The van der Waals surface area contributed by atoms with Crippen molar-refractivity contribution in [3.8, 4) is 0 Å². The lowest BCUT2D eigenvalue weighted by Crippen LogP contribution is -2.33. The molecule has 0 aromatic heterocycles. The van der Waals surface area contributed by atoms with E-state index in [1.807, 2.05) is 13.8 Å². The lowest BCUT2D eigenvalue weighted by molar-refractivity contribution is 0.0748. The van der Waals surface area contributed by atoms with Gasteiger partial charge in [0.15, 0.2) is 0 Å². The molecule has 0 saturated carbocycles. The third-order valence-corrected chi connectivity index (χ3v) is 3.27. The van der Waals surface area contributed by atoms with Crippen molar-refractivity contribution in [3.63, 3.8) is 0 Å². The van der Waals surface area contributed by atoms with E-state index in [1.165, 1.54) is 0 Å². The predicted molar refractivity (Wildman–Crippen MR) is 74.7 cm³/mol. The number of nitrogens with one attached hydrogen (secondary N) is 1. The van der Waals surface area contributed by atoms with Gasteiger partial charge >= 0.3 is 0 Å². The van der Waals surface area contributed by atoms with Crippen LogP contribution in [0.3, 0.4) is 0 Å². The van der Waals surface area contributed by atoms with Gasteiger partial charge in [0.2, 0.25) is 0 Å². The highest BCUT2D eigenvalue weighted by Gasteiger charge is 2.32. The Hall–Kier alpha value is -2.17. The predicted octanol–water partition coefficient (Wildman–Crippen LogP) is 1.83. The van der Waals surface area contributed by atoms with Gasteiger partial charge < -0.3 is 4.90 Å². The van der Waals surface area contributed by atoms with Crippen molar-refractivity contribution in [2.45, 2.75) is 26.7 Å². The molecule has 0 spiro atoms. The van der Waals surface area contributed by atoms with Crippen LogP contribution < -0.4 is 5.32 Å². The van der Waals surface area contributed by atoms with Crippen LogP contribution in [0.5, 0.6) is 0 Å². The third kappa shape index (κ3) is 2.43. The van der Waals surface area contributed by atoms with Crippen LogP contribution in [-0.4, -0.2) is 35.7 Å². The number of carbonyl (C=O) groups excluding carboxylic acids is 3. The zero-order valence-corrected chi connectivity index (χ0v) is 11.7. The molecule has 1 N–H and O–H groups in total. The van der Waals surface area contributed by atoms with Crippen molar-refractivity contribution >= 4 is 17.7 Å². The molecule has 0 saturated heterocycles. The minimum atomic E-state index is -0.484. The van der Waals surface area contributed by atoms with Gasteiger partial charge in [-0.3, -0.25) is 19.7 Å². The highest BCUT2D eigenvalue weighted by molar-refractivity contribution is 6.25. The first kappa shape index (κ1) is 14.2. The van der Waals surface area contributed by atoms with E-state index in [4.69, 9.17) is 0 Å². The molecule has 0 bridgehead atoms. The molecule has 1 aromatic carbocycles. The molecule has 2 rings (SSSR count). The average molecular weight is 274 g/mol. The lowest BCUT2D eigenvalue weighted by atomic mass is 10.0. The maximum atomic E-state index is 12.6. The summed E-state index contributed by atoms with van der Waals surface area (Å²) in [7, 11) is 0. The van der Waals surface area contributed by atoms with Gasteiger partial charge in [-0.05, 0) is 25.0 Å². The van der Waals surface area contributed by atoms with E-state index in [1.54, 1.807) is 23.1 Å². The summed E-state index contributed by atoms with van der Waals surface area (Å²) in [6.45, 7) is 5.29. The van der Waals surface area contributed by atoms with Crippen LogP contribution in [0, 0.1) is 0 Å². The fourth-order valence-electron chi connectivity index (χ4n) is 2.42. The van der Waals surface area contributed by atoms with Gasteiger partial charge in [0, 0.05) is 13.1 Å². The lowest BCUT2D eigenvalue weighted by Gasteiger charge is -2.22. The Kier molecular flexibility index (Phi) is 4.17. The number of nitrogens with zero attached hydrogens (tertiary/aromatic N) is 1. The largest absolute Gasteiger partial charge is 0.339 e. The van der Waals surface area contributed by atoms with E-state index in [-0.39, 0.29) is 17.0 Å². The van der Waals surface area contributed by atoms with Gasteiger partial charge in [0.1, 0.15) is 0 Å². The molecule has 1 aliphatic rings. The topological polar surface area (TPSA) is 66.5 Å². The SMILES string of the molecule is CCCN(CCC)C(=O)c1cccc2c1C(=O)NC2=O. The fourth-order valence-corrected chi connectivity index (χ4v) is 2.42. The first-order valence-electron chi connectivity index (χ1n) is 6.88. The van der Waals surface area contributed by atoms with E-state index in [9.17, 15) is 14.4 Å². The number of imide groups is 1. The molecule has 0 radical (unpaired) electrons. The van der Waals surface area contributed by atoms with Crippen LogP contribution in [-0.2, 0) is 0 Å². The number of carbonyl (C=O) groups is 3. The number of fused-ring (bicyclic) bond motifs is 1. The van der Waals surface area contributed by atoms with E-state index in [0.29, 0.717) is 18.7 Å². The van der Waals surface area contributed by atoms with Gasteiger partial charge in [-0.25, -0.2) is 0 Å². The molecule has 0 fully saturated rings. The summed E-state index contributed by atoms with van der Waals surface area (Å²) in [5.41, 5.74) is 0.807. The first-order chi connectivity index (χ1) is 9.60. The zero-order valence-electron chi connectivity index (χ0n) is 11.7. The standard InChI is InChI=1S/C15H18N2O3/c1-3-8-17(9-4-2)15(20)11-7-5-6-10-12(11)14(19)16-13(10)18/h5-7H,3-4,8-9H2,1-2H3,(H,16,18,19). The molecule has 20 heavy (non-hydrogen) atoms. The smallest absolute Gasteiger partial charge is 0.259 e. The zero-order chi connectivity index (χ0) is 14.7. The summed E-state index contributed by atoms with van der Waals surface area (Å²) in [5.74, 6) is -1.10. The minimum Gasteiger partial charge on any atom is -0.339 e. The second-order valence-electron chi connectivity index (χ2n) is 4.80. The fraction of sp³-hybridized carbons (Fsp3) is 0.400. The molecular weight excluding hydrogens is 256 g/mol. The van der Waals surface area contributed by atoms with Gasteiger partial charge in [-0.1, -0.05) is 19.9 Å². The van der Waals surface area contributed by atoms with Crippen LogP contribution in [0.1, 0.15) is 57.8 Å². The molecule has 1 heterocycles. The van der Waals surface area contributed by atoms with Crippen LogP contribution in [0.2, 0.25) is 0 Å². The Balaban J connectivity index is 2.41. The molecule has 5 nitrogen and oxygen atoms in total. The first-order valence-corrected chi connectivity index (χ1v) is 6.88. The summed E-state index contributed by atoms with van der Waals surface area (Å²) in [5, 5.41) is 2.23.